The molecule has 37 heavy (non-hydrogen) atoms. The van der Waals surface area contributed by atoms with Gasteiger partial charge in [0.25, 0.3) is 0 Å². The van der Waals surface area contributed by atoms with Gasteiger partial charge in [-0.1, -0.05) is 30.3 Å². The van der Waals surface area contributed by atoms with E-state index in [0.29, 0.717) is 10.5 Å². The number of aliphatic carboxylic acids is 3. The van der Waals surface area contributed by atoms with Gasteiger partial charge in [0.1, 0.15) is 36.8 Å². The third-order valence-electron chi connectivity index (χ3n) is 4.17. The summed E-state index contributed by atoms with van der Waals surface area (Å²) >= 11 is 0. The average Bonchev–Trinajstić information content (AvgIpc) is 2.75. The van der Waals surface area contributed by atoms with Gasteiger partial charge < -0.3 is 59.3 Å². The minimum absolute atomic E-state index is 0. The van der Waals surface area contributed by atoms with Gasteiger partial charge in [-0.15, -0.1) is 0 Å². The maximum atomic E-state index is 11.1. The van der Waals surface area contributed by atoms with E-state index in [-0.39, 0.29) is 155 Å². The molecule has 176 valence electrons. The van der Waals surface area contributed by atoms with Crippen molar-refractivity contribution in [2.45, 2.75) is 12.6 Å². The summed E-state index contributed by atoms with van der Waals surface area (Å²) in [6, 6.07) is 10.2. The Hall–Kier alpha value is -0.480. The normalized spacial score (nSPS) is 9.22. The molecule has 0 aromatic heterocycles. The van der Waals surface area contributed by atoms with Crippen LogP contribution in [0.5, 0.6) is 11.5 Å². The topological polar surface area (TPSA) is 194 Å². The number of nitrogens with zero attached hydrogens (tertiary/aromatic N) is 1. The largest absolute Gasteiger partial charge is 1.00 e. The first-order chi connectivity index (χ1) is 15.7. The Morgan fingerprint density at radius 1 is 0.757 bits per heavy atom. The Bertz CT molecular complexity index is 1010. The molecule has 2 aromatic rings. The fourth-order valence-corrected chi connectivity index (χ4v) is 2.71. The molecule has 0 aliphatic heterocycles. The second-order valence-electron chi connectivity index (χ2n) is 6.51. The van der Waals surface area contributed by atoms with Gasteiger partial charge in [0.05, 0.1) is 30.1 Å². The van der Waals surface area contributed by atoms with E-state index < -0.39 is 36.6 Å². The first-order valence-corrected chi connectivity index (χ1v) is 9.45. The second-order valence-corrected chi connectivity index (χ2v) is 6.51. The molecule has 2 rings (SSSR count). The van der Waals surface area contributed by atoms with Gasteiger partial charge in [-0.3, -0.25) is 0 Å². The van der Waals surface area contributed by atoms with Crippen molar-refractivity contribution in [3.8, 4) is 11.5 Å². The number of carboxylic acids is 3. The number of ether oxygens (including phenoxy) is 2. The van der Waals surface area contributed by atoms with Gasteiger partial charge in [-0.25, -0.2) is 0 Å². The molecule has 12 nitrogen and oxygen atoms in total. The van der Waals surface area contributed by atoms with E-state index in [1.807, 2.05) is 0 Å². The van der Waals surface area contributed by atoms with Crippen molar-refractivity contribution in [1.29, 1.82) is 0 Å². The molecule has 0 heterocycles. The molecule has 0 bridgehead atoms. The molecule has 0 aliphatic carbocycles. The number of benzene rings is 2. The molecule has 0 atom stereocenters. The van der Waals surface area contributed by atoms with Crippen LogP contribution in [-0.4, -0.2) is 54.7 Å². The predicted octanol–water partition coefficient (Wildman–Crippen LogP) is -15.7. The molecule has 1 amide bonds. The summed E-state index contributed by atoms with van der Waals surface area (Å²) < 4.78 is 11.1. The van der Waals surface area contributed by atoms with E-state index in [1.54, 1.807) is 30.3 Å². The fourth-order valence-electron chi connectivity index (χ4n) is 2.71. The SMILES string of the molecule is O=C([O-])CN(Cc1ccccc1OCCOc1ccccc1NC(C(=O)[O-])C(=O)[O-])C(=O)[O-].[Na+].[Na+].[Na+].[Na+]. The van der Waals surface area contributed by atoms with Crippen LogP contribution in [0.15, 0.2) is 48.5 Å². The van der Waals surface area contributed by atoms with Crippen LogP contribution in [0, 0.1) is 0 Å². The summed E-state index contributed by atoms with van der Waals surface area (Å²) in [5.74, 6) is -4.94. The summed E-state index contributed by atoms with van der Waals surface area (Å²) in [5, 5.41) is 46.0. The molecule has 16 heteroatoms. The Labute approximate surface area is 301 Å². The van der Waals surface area contributed by atoms with Gasteiger partial charge in [0, 0.05) is 12.1 Å². The Kier molecular flexibility index (Phi) is 23.7. The van der Waals surface area contributed by atoms with Crippen LogP contribution < -0.4 is 153 Å². The zero-order valence-electron chi connectivity index (χ0n) is 21.1. The van der Waals surface area contributed by atoms with E-state index in [4.69, 9.17) is 9.47 Å². The molecule has 0 unspecified atom stereocenters. The third kappa shape index (κ3) is 14.5. The number of hydrogen-bond donors (Lipinski definition) is 1. The van der Waals surface area contributed by atoms with E-state index in [0.717, 1.165) is 0 Å². The molecule has 0 radical (unpaired) electrons. The number of nitrogens with one attached hydrogen (secondary N) is 1. The maximum Gasteiger partial charge on any atom is 1.00 e. The summed E-state index contributed by atoms with van der Waals surface area (Å²) in [5.41, 5.74) is 0.443. The van der Waals surface area contributed by atoms with Crippen LogP contribution in [0.2, 0.25) is 0 Å². The molecule has 0 spiro atoms. The Balaban J connectivity index is -0.00000289. The van der Waals surface area contributed by atoms with Crippen LogP contribution in [0.4, 0.5) is 10.5 Å². The number of anilines is 1. The number of rotatable bonds is 13. The van der Waals surface area contributed by atoms with Crippen LogP contribution >= 0.6 is 0 Å². The predicted molar refractivity (Wildman–Crippen MR) is 102 cm³/mol. The van der Waals surface area contributed by atoms with Crippen molar-refractivity contribution in [2.24, 2.45) is 0 Å². The standard InChI is InChI=1S/C21H22N2O10.4Na/c24-17(25)12-23(21(30)31)11-13-5-1-3-7-15(13)32-9-10-33-16-8-4-2-6-14(16)22-18(19(26)27)20(28)29;;;;/h1-8,18,22H,9-12H2,(H,24,25)(H,26,27)(H,28,29)(H,30,31);;;;/q;4*+1/p-4. The minimum atomic E-state index is -2.09. The van der Waals surface area contributed by atoms with Crippen molar-refractivity contribution in [3.63, 3.8) is 0 Å². The zero-order valence-corrected chi connectivity index (χ0v) is 29.1. The molecule has 0 aliphatic rings. The van der Waals surface area contributed by atoms with Crippen molar-refractivity contribution in [2.75, 3.05) is 25.1 Å². The molecular formula is C21H18N2Na4O10. The van der Waals surface area contributed by atoms with Gasteiger partial charge in [0.2, 0.25) is 0 Å². The quantitative estimate of drug-likeness (QED) is 0.141. The number of carboxylic acid groups (broad SMARTS) is 4. The van der Waals surface area contributed by atoms with Gasteiger partial charge in [-0.2, -0.15) is 0 Å². The first kappa shape index (κ1) is 41.0. The summed E-state index contributed by atoms with van der Waals surface area (Å²) in [6.07, 6.45) is -1.69. The number of carbonyl (C=O) groups is 4. The fraction of sp³-hybridized carbons (Fsp3) is 0.238. The second kappa shape index (κ2) is 21.4. The van der Waals surface area contributed by atoms with Gasteiger partial charge in [-0.05, 0) is 18.2 Å². The summed E-state index contributed by atoms with van der Waals surface area (Å²) in [4.78, 5) is 44.3. The first-order valence-electron chi connectivity index (χ1n) is 9.45. The number of amides is 1. The van der Waals surface area contributed by atoms with Crippen LogP contribution in [0.1, 0.15) is 5.56 Å². The Morgan fingerprint density at radius 2 is 1.24 bits per heavy atom. The molecule has 2 aromatic carbocycles. The van der Waals surface area contributed by atoms with Crippen molar-refractivity contribution >= 4 is 29.7 Å². The third-order valence-corrected chi connectivity index (χ3v) is 4.17. The van der Waals surface area contributed by atoms with Crippen LogP contribution in [-0.2, 0) is 20.9 Å². The molecule has 0 saturated carbocycles. The van der Waals surface area contributed by atoms with Gasteiger partial charge in [0.15, 0.2) is 0 Å². The number of carbonyl (C=O) groups excluding carboxylic acids is 4. The summed E-state index contributed by atoms with van der Waals surface area (Å²) in [7, 11) is 0. The maximum absolute atomic E-state index is 11.1. The molecular weight excluding hydrogens is 532 g/mol. The van der Waals surface area contributed by atoms with Crippen molar-refractivity contribution in [1.82, 2.24) is 4.90 Å². The summed E-state index contributed by atoms with van der Waals surface area (Å²) in [6.45, 7) is -1.28. The Morgan fingerprint density at radius 3 is 1.76 bits per heavy atom. The van der Waals surface area contributed by atoms with E-state index in [9.17, 15) is 39.6 Å². The van der Waals surface area contributed by atoms with E-state index >= 15 is 0 Å². The van der Waals surface area contributed by atoms with Gasteiger partial charge >= 0.3 is 118 Å². The molecule has 0 fully saturated rings. The van der Waals surface area contributed by atoms with E-state index in [1.165, 1.54) is 18.2 Å². The van der Waals surface area contributed by atoms with Crippen molar-refractivity contribution in [3.05, 3.63) is 54.1 Å². The smallest absolute Gasteiger partial charge is 0.548 e. The van der Waals surface area contributed by atoms with Crippen LogP contribution in [0.25, 0.3) is 0 Å². The average molecular weight is 550 g/mol. The van der Waals surface area contributed by atoms with Crippen molar-refractivity contribution < 1.29 is 167 Å². The zero-order chi connectivity index (χ0) is 24.4. The molecule has 0 saturated heterocycles. The van der Waals surface area contributed by atoms with E-state index in [2.05, 4.69) is 5.32 Å². The minimum Gasteiger partial charge on any atom is -0.548 e. The number of para-hydroxylation sites is 3. The monoisotopic (exact) mass is 550 g/mol. The van der Waals surface area contributed by atoms with Crippen LogP contribution in [0.3, 0.4) is 0 Å². The number of hydrogen-bond acceptors (Lipinski definition) is 11. The molecule has 1 N–H and O–H groups in total.